The van der Waals surface area contributed by atoms with E-state index in [1.54, 1.807) is 0 Å². The van der Waals surface area contributed by atoms with Crippen molar-refractivity contribution >= 4 is 5.97 Å². The molecule has 1 heterocycles. The minimum atomic E-state index is -0.0773. The van der Waals surface area contributed by atoms with E-state index in [0.717, 1.165) is 6.42 Å². The van der Waals surface area contributed by atoms with Gasteiger partial charge in [0.2, 0.25) is 0 Å². The van der Waals surface area contributed by atoms with Gasteiger partial charge < -0.3 is 4.84 Å². The van der Waals surface area contributed by atoms with Crippen molar-refractivity contribution in [3.8, 4) is 0 Å². The predicted octanol–water partition coefficient (Wildman–Crippen LogP) is 3.18. The smallest absolute Gasteiger partial charge is 0.329 e. The Bertz CT molecular complexity index is 402. The predicted molar refractivity (Wildman–Crippen MR) is 70.6 cm³/mol. The van der Waals surface area contributed by atoms with Crippen LogP contribution in [-0.4, -0.2) is 17.6 Å². The molecule has 1 aromatic carbocycles. The van der Waals surface area contributed by atoms with Crippen molar-refractivity contribution in [3.05, 3.63) is 35.9 Å². The summed E-state index contributed by atoms with van der Waals surface area (Å²) in [5.41, 5.74) is 1.18. The lowest BCUT2D eigenvalue weighted by Gasteiger charge is -2.21. The molecule has 0 bridgehead atoms. The van der Waals surface area contributed by atoms with Crippen molar-refractivity contribution < 1.29 is 9.63 Å². The summed E-state index contributed by atoms with van der Waals surface area (Å²) in [6, 6.07) is 10.3. The normalized spacial score (nSPS) is 22.2. The first-order valence-corrected chi connectivity index (χ1v) is 6.61. The van der Waals surface area contributed by atoms with Gasteiger partial charge in [-0.05, 0) is 24.8 Å². The molecule has 2 rings (SSSR count). The van der Waals surface area contributed by atoms with Crippen LogP contribution in [0.15, 0.2) is 30.3 Å². The molecular formula is C15H21NO2. The molecule has 18 heavy (non-hydrogen) atoms. The van der Waals surface area contributed by atoms with E-state index in [1.165, 1.54) is 5.56 Å². The minimum absolute atomic E-state index is 0.0242. The third kappa shape index (κ3) is 2.91. The summed E-state index contributed by atoms with van der Waals surface area (Å²) in [5, 5.41) is 1.81. The first-order valence-electron chi connectivity index (χ1n) is 6.61. The highest BCUT2D eigenvalue weighted by molar-refractivity contribution is 5.74. The molecule has 1 aromatic rings. The molecule has 0 saturated carbocycles. The van der Waals surface area contributed by atoms with Crippen LogP contribution in [0.5, 0.6) is 0 Å². The van der Waals surface area contributed by atoms with Crippen molar-refractivity contribution in [2.75, 3.05) is 6.54 Å². The average Bonchev–Trinajstić information content (AvgIpc) is 2.70. The summed E-state index contributed by atoms with van der Waals surface area (Å²) in [6.45, 7) is 7.04. The van der Waals surface area contributed by atoms with E-state index in [-0.39, 0.29) is 17.9 Å². The zero-order valence-electron chi connectivity index (χ0n) is 11.3. The third-order valence-corrected chi connectivity index (χ3v) is 3.41. The molecule has 3 heteroatoms. The maximum atomic E-state index is 11.8. The number of benzene rings is 1. The largest absolute Gasteiger partial charge is 0.367 e. The summed E-state index contributed by atoms with van der Waals surface area (Å²) in [5.74, 6) is 0.470. The van der Waals surface area contributed by atoms with Gasteiger partial charge >= 0.3 is 5.97 Å². The lowest BCUT2D eigenvalue weighted by atomic mass is 9.97. The van der Waals surface area contributed by atoms with Crippen LogP contribution < -0.4 is 0 Å². The number of hydrogen-bond donors (Lipinski definition) is 0. The van der Waals surface area contributed by atoms with Crippen LogP contribution in [0.2, 0.25) is 0 Å². The molecule has 0 aliphatic carbocycles. The third-order valence-electron chi connectivity index (χ3n) is 3.41. The van der Waals surface area contributed by atoms with Crippen LogP contribution in [0.1, 0.15) is 38.8 Å². The van der Waals surface area contributed by atoms with E-state index in [0.29, 0.717) is 12.5 Å². The molecular weight excluding hydrogens is 226 g/mol. The maximum Gasteiger partial charge on any atom is 0.329 e. The molecule has 1 aliphatic heterocycles. The Morgan fingerprint density at radius 1 is 1.28 bits per heavy atom. The van der Waals surface area contributed by atoms with Gasteiger partial charge in [-0.25, -0.2) is 4.79 Å². The van der Waals surface area contributed by atoms with Gasteiger partial charge in [0.1, 0.15) is 0 Å². The molecule has 1 saturated heterocycles. The van der Waals surface area contributed by atoms with E-state index in [4.69, 9.17) is 4.84 Å². The molecule has 0 amide bonds. The lowest BCUT2D eigenvalue weighted by molar-refractivity contribution is -0.179. The summed E-state index contributed by atoms with van der Waals surface area (Å²) in [7, 11) is 0. The monoisotopic (exact) mass is 247 g/mol. The van der Waals surface area contributed by atoms with Gasteiger partial charge in [0.15, 0.2) is 0 Å². The fourth-order valence-electron chi connectivity index (χ4n) is 2.39. The van der Waals surface area contributed by atoms with Gasteiger partial charge in [0.25, 0.3) is 0 Å². The molecule has 0 radical (unpaired) electrons. The number of carbonyl (C=O) groups is 1. The quantitative estimate of drug-likeness (QED) is 0.818. The molecule has 3 nitrogen and oxygen atoms in total. The number of hydroxylamine groups is 2. The van der Waals surface area contributed by atoms with E-state index < -0.39 is 0 Å². The van der Waals surface area contributed by atoms with Crippen molar-refractivity contribution in [1.29, 1.82) is 0 Å². The van der Waals surface area contributed by atoms with E-state index in [2.05, 4.69) is 32.9 Å². The summed E-state index contributed by atoms with van der Waals surface area (Å²) in [6.07, 6.45) is 0.900. The van der Waals surface area contributed by atoms with Crippen LogP contribution in [0, 0.1) is 11.8 Å². The molecule has 0 spiro atoms. The fourth-order valence-corrected chi connectivity index (χ4v) is 2.39. The highest BCUT2D eigenvalue weighted by Gasteiger charge is 2.36. The minimum Gasteiger partial charge on any atom is -0.367 e. The molecule has 0 aromatic heterocycles. The second-order valence-electron chi connectivity index (χ2n) is 5.42. The molecule has 98 valence electrons. The Labute approximate surface area is 109 Å². The number of hydrogen-bond acceptors (Lipinski definition) is 3. The van der Waals surface area contributed by atoms with Crippen LogP contribution in [0.25, 0.3) is 0 Å². The van der Waals surface area contributed by atoms with Crippen molar-refractivity contribution in [2.24, 2.45) is 11.8 Å². The van der Waals surface area contributed by atoms with Gasteiger partial charge in [-0.2, -0.15) is 0 Å². The molecule has 1 aliphatic rings. The van der Waals surface area contributed by atoms with Gasteiger partial charge in [-0.3, -0.25) is 0 Å². The SMILES string of the molecule is CC(C)C[C@H]1CN([C@@H](C)c2ccccc2)OC1=O. The average molecular weight is 247 g/mol. The second-order valence-corrected chi connectivity index (χ2v) is 5.42. The van der Waals surface area contributed by atoms with Crippen LogP contribution in [0.4, 0.5) is 0 Å². The van der Waals surface area contributed by atoms with Crippen molar-refractivity contribution in [1.82, 2.24) is 5.06 Å². The number of rotatable bonds is 4. The summed E-state index contributed by atoms with van der Waals surface area (Å²) in [4.78, 5) is 17.2. The standard InChI is InChI=1S/C15H21NO2/c1-11(2)9-14-10-16(18-15(14)17)12(3)13-7-5-4-6-8-13/h4-8,11-12,14H,9-10H2,1-3H3/t12-,14-/m0/s1. The first kappa shape index (κ1) is 13.1. The van der Waals surface area contributed by atoms with Crippen molar-refractivity contribution in [2.45, 2.75) is 33.2 Å². The van der Waals surface area contributed by atoms with Crippen LogP contribution in [-0.2, 0) is 9.63 Å². The highest BCUT2D eigenvalue weighted by atomic mass is 16.7. The summed E-state index contributed by atoms with van der Waals surface area (Å²) < 4.78 is 0. The summed E-state index contributed by atoms with van der Waals surface area (Å²) >= 11 is 0. The van der Waals surface area contributed by atoms with E-state index in [9.17, 15) is 4.79 Å². The van der Waals surface area contributed by atoms with Gasteiger partial charge in [0.05, 0.1) is 12.0 Å². The molecule has 1 fully saturated rings. The van der Waals surface area contributed by atoms with E-state index in [1.807, 2.05) is 23.3 Å². The van der Waals surface area contributed by atoms with Gasteiger partial charge in [-0.15, -0.1) is 5.06 Å². The second kappa shape index (κ2) is 5.53. The van der Waals surface area contributed by atoms with Gasteiger partial charge in [-0.1, -0.05) is 44.2 Å². The zero-order chi connectivity index (χ0) is 13.1. The number of carbonyl (C=O) groups excluding carboxylic acids is 1. The fraction of sp³-hybridized carbons (Fsp3) is 0.533. The molecule has 2 atom stereocenters. The lowest BCUT2D eigenvalue weighted by Crippen LogP contribution is -2.23. The van der Waals surface area contributed by atoms with Crippen molar-refractivity contribution in [3.63, 3.8) is 0 Å². The Morgan fingerprint density at radius 2 is 1.94 bits per heavy atom. The van der Waals surface area contributed by atoms with Gasteiger partial charge in [0, 0.05) is 6.54 Å². The van der Waals surface area contributed by atoms with Crippen LogP contribution >= 0.6 is 0 Å². The topological polar surface area (TPSA) is 29.5 Å². The van der Waals surface area contributed by atoms with E-state index >= 15 is 0 Å². The maximum absolute atomic E-state index is 11.8. The molecule has 0 unspecified atom stereocenters. The Hall–Kier alpha value is -1.35. The number of nitrogens with zero attached hydrogens (tertiary/aromatic N) is 1. The zero-order valence-corrected chi connectivity index (χ0v) is 11.3. The Morgan fingerprint density at radius 3 is 2.56 bits per heavy atom. The first-order chi connectivity index (χ1) is 8.58. The Balaban J connectivity index is 2.02. The van der Waals surface area contributed by atoms with Crippen LogP contribution in [0.3, 0.4) is 0 Å². The highest BCUT2D eigenvalue weighted by Crippen LogP contribution is 2.29. The Kier molecular flexibility index (Phi) is 4.02. The molecule has 0 N–H and O–H groups in total.